The highest BCUT2D eigenvalue weighted by Gasteiger charge is 2.08. The summed E-state index contributed by atoms with van der Waals surface area (Å²) in [5.41, 5.74) is 3.24. The van der Waals surface area contributed by atoms with Gasteiger partial charge >= 0.3 is 0 Å². The lowest BCUT2D eigenvalue weighted by atomic mass is 10.1. The van der Waals surface area contributed by atoms with Crippen molar-refractivity contribution in [1.29, 1.82) is 0 Å². The average Bonchev–Trinajstić information content (AvgIpc) is 3.20. The number of hydrogen-bond donors (Lipinski definition) is 2. The number of nitrogens with one attached hydrogen (secondary N) is 2. The molecule has 0 aromatic carbocycles. The van der Waals surface area contributed by atoms with E-state index >= 15 is 0 Å². The van der Waals surface area contributed by atoms with Crippen LogP contribution in [0, 0.1) is 5.92 Å². The standard InChI is InChI=1S/C16H20N6/c1-13(12-22-7-3-6-20-22)8-18-10-15-11-19-21-16(15)14-4-2-5-17-9-14/h2-7,9,11,13,18H,8,10,12H2,1H3,(H,19,21)/t13-/m1/s1. The Labute approximate surface area is 129 Å². The van der Waals surface area contributed by atoms with Crippen molar-refractivity contribution >= 4 is 0 Å². The average molecular weight is 296 g/mol. The fourth-order valence-corrected chi connectivity index (χ4v) is 2.45. The molecule has 0 radical (unpaired) electrons. The van der Waals surface area contributed by atoms with Gasteiger partial charge in [0.25, 0.3) is 0 Å². The minimum Gasteiger partial charge on any atom is -0.312 e. The monoisotopic (exact) mass is 296 g/mol. The molecular formula is C16H20N6. The highest BCUT2D eigenvalue weighted by Crippen LogP contribution is 2.19. The summed E-state index contributed by atoms with van der Waals surface area (Å²) in [7, 11) is 0. The zero-order chi connectivity index (χ0) is 15.2. The maximum Gasteiger partial charge on any atom is 0.0710 e. The van der Waals surface area contributed by atoms with Gasteiger partial charge in [0.2, 0.25) is 0 Å². The lowest BCUT2D eigenvalue weighted by Crippen LogP contribution is -2.24. The molecule has 0 spiro atoms. The first-order chi connectivity index (χ1) is 10.8. The van der Waals surface area contributed by atoms with Crippen LogP contribution >= 0.6 is 0 Å². The van der Waals surface area contributed by atoms with E-state index in [-0.39, 0.29) is 0 Å². The second-order valence-electron chi connectivity index (χ2n) is 5.48. The van der Waals surface area contributed by atoms with Gasteiger partial charge in [-0.05, 0) is 30.7 Å². The van der Waals surface area contributed by atoms with Gasteiger partial charge in [-0.25, -0.2) is 0 Å². The quantitative estimate of drug-likeness (QED) is 0.700. The lowest BCUT2D eigenvalue weighted by molar-refractivity contribution is 0.422. The lowest BCUT2D eigenvalue weighted by Gasteiger charge is -2.12. The Hall–Kier alpha value is -2.47. The molecule has 0 aliphatic carbocycles. The molecule has 0 saturated carbocycles. The summed E-state index contributed by atoms with van der Waals surface area (Å²) < 4.78 is 1.96. The number of aromatic nitrogens is 5. The first-order valence-electron chi connectivity index (χ1n) is 7.43. The number of aromatic amines is 1. The number of nitrogens with zero attached hydrogens (tertiary/aromatic N) is 4. The van der Waals surface area contributed by atoms with Crippen molar-refractivity contribution in [2.24, 2.45) is 5.92 Å². The topological polar surface area (TPSA) is 71.4 Å². The van der Waals surface area contributed by atoms with Crippen LogP contribution in [0.25, 0.3) is 11.3 Å². The van der Waals surface area contributed by atoms with Gasteiger partial charge in [0.15, 0.2) is 0 Å². The van der Waals surface area contributed by atoms with Crippen molar-refractivity contribution in [1.82, 2.24) is 30.3 Å². The van der Waals surface area contributed by atoms with Crippen LogP contribution in [0.2, 0.25) is 0 Å². The van der Waals surface area contributed by atoms with Gasteiger partial charge in [0, 0.05) is 49.0 Å². The molecule has 0 aliphatic heterocycles. The molecule has 6 nitrogen and oxygen atoms in total. The molecule has 3 aromatic heterocycles. The maximum atomic E-state index is 4.23. The van der Waals surface area contributed by atoms with Crippen LogP contribution in [-0.2, 0) is 13.1 Å². The van der Waals surface area contributed by atoms with E-state index in [1.807, 2.05) is 47.7 Å². The third-order valence-corrected chi connectivity index (χ3v) is 3.53. The first kappa shape index (κ1) is 14.5. The predicted octanol–water partition coefficient (Wildman–Crippen LogP) is 2.09. The van der Waals surface area contributed by atoms with Crippen LogP contribution in [0.5, 0.6) is 0 Å². The molecule has 22 heavy (non-hydrogen) atoms. The van der Waals surface area contributed by atoms with E-state index in [1.54, 1.807) is 6.20 Å². The van der Waals surface area contributed by atoms with Crippen molar-refractivity contribution in [2.45, 2.75) is 20.0 Å². The molecule has 1 atom stereocenters. The smallest absolute Gasteiger partial charge is 0.0710 e. The van der Waals surface area contributed by atoms with Gasteiger partial charge in [-0.2, -0.15) is 10.2 Å². The van der Waals surface area contributed by atoms with Gasteiger partial charge in [0.05, 0.1) is 11.9 Å². The number of hydrogen-bond acceptors (Lipinski definition) is 4. The summed E-state index contributed by atoms with van der Waals surface area (Å²) >= 11 is 0. The second kappa shape index (κ2) is 7.00. The normalized spacial score (nSPS) is 12.4. The Morgan fingerprint density at radius 2 is 2.23 bits per heavy atom. The Morgan fingerprint density at radius 1 is 1.27 bits per heavy atom. The fraction of sp³-hybridized carbons (Fsp3) is 0.312. The molecule has 0 fully saturated rings. The van der Waals surface area contributed by atoms with E-state index in [0.29, 0.717) is 5.92 Å². The minimum atomic E-state index is 0.508. The van der Waals surface area contributed by atoms with Crippen molar-refractivity contribution in [3.63, 3.8) is 0 Å². The molecule has 0 aliphatic rings. The summed E-state index contributed by atoms with van der Waals surface area (Å²) in [6.07, 6.45) is 9.29. The number of pyridine rings is 1. The van der Waals surface area contributed by atoms with Crippen LogP contribution in [-0.4, -0.2) is 31.5 Å². The molecule has 6 heteroatoms. The van der Waals surface area contributed by atoms with Crippen LogP contribution in [0.15, 0.2) is 49.2 Å². The third kappa shape index (κ3) is 3.59. The van der Waals surface area contributed by atoms with Crippen molar-refractivity contribution < 1.29 is 0 Å². The third-order valence-electron chi connectivity index (χ3n) is 3.53. The van der Waals surface area contributed by atoms with E-state index in [4.69, 9.17) is 0 Å². The Balaban J connectivity index is 1.53. The van der Waals surface area contributed by atoms with Gasteiger partial charge in [-0.3, -0.25) is 14.8 Å². The number of H-pyrrole nitrogens is 1. The maximum absolute atomic E-state index is 4.23. The van der Waals surface area contributed by atoms with E-state index in [2.05, 4.69) is 32.5 Å². The largest absolute Gasteiger partial charge is 0.312 e. The number of rotatable bonds is 7. The van der Waals surface area contributed by atoms with E-state index in [9.17, 15) is 0 Å². The van der Waals surface area contributed by atoms with Gasteiger partial charge < -0.3 is 5.32 Å². The second-order valence-corrected chi connectivity index (χ2v) is 5.48. The van der Waals surface area contributed by atoms with Gasteiger partial charge in [-0.15, -0.1) is 0 Å². The zero-order valence-electron chi connectivity index (χ0n) is 12.6. The van der Waals surface area contributed by atoms with E-state index < -0.39 is 0 Å². The van der Waals surface area contributed by atoms with Crippen LogP contribution in [0.3, 0.4) is 0 Å². The molecule has 0 saturated heterocycles. The molecule has 0 unspecified atom stereocenters. The molecule has 3 heterocycles. The summed E-state index contributed by atoms with van der Waals surface area (Å²) in [6, 6.07) is 5.91. The molecule has 3 aromatic rings. The molecule has 0 amide bonds. The zero-order valence-corrected chi connectivity index (χ0v) is 12.6. The van der Waals surface area contributed by atoms with Gasteiger partial charge in [-0.1, -0.05) is 6.92 Å². The SMILES string of the molecule is C[C@H](CNCc1cn[nH]c1-c1cccnc1)Cn1cccn1. The highest BCUT2D eigenvalue weighted by atomic mass is 15.3. The molecule has 2 N–H and O–H groups in total. The Bertz CT molecular complexity index is 674. The Morgan fingerprint density at radius 3 is 3.00 bits per heavy atom. The Kier molecular flexibility index (Phi) is 4.60. The molecular weight excluding hydrogens is 276 g/mol. The minimum absolute atomic E-state index is 0.508. The van der Waals surface area contributed by atoms with Crippen molar-refractivity contribution in [2.75, 3.05) is 6.54 Å². The van der Waals surface area contributed by atoms with E-state index in [1.165, 1.54) is 0 Å². The molecule has 3 rings (SSSR count). The van der Waals surface area contributed by atoms with Gasteiger partial charge in [0.1, 0.15) is 0 Å². The van der Waals surface area contributed by atoms with Crippen molar-refractivity contribution in [3.8, 4) is 11.3 Å². The van der Waals surface area contributed by atoms with Crippen molar-refractivity contribution in [3.05, 3.63) is 54.7 Å². The van der Waals surface area contributed by atoms with Crippen LogP contribution in [0.1, 0.15) is 12.5 Å². The highest BCUT2D eigenvalue weighted by molar-refractivity contribution is 5.61. The summed E-state index contributed by atoms with van der Waals surface area (Å²) in [6.45, 7) is 4.84. The predicted molar refractivity (Wildman–Crippen MR) is 84.9 cm³/mol. The molecule has 114 valence electrons. The summed E-state index contributed by atoms with van der Waals surface area (Å²) in [4.78, 5) is 4.15. The summed E-state index contributed by atoms with van der Waals surface area (Å²) in [5.74, 6) is 0.508. The van der Waals surface area contributed by atoms with Crippen LogP contribution in [0.4, 0.5) is 0 Å². The van der Waals surface area contributed by atoms with E-state index in [0.717, 1.165) is 36.5 Å². The van der Waals surface area contributed by atoms with Crippen LogP contribution < -0.4 is 5.32 Å². The fourth-order valence-electron chi connectivity index (χ4n) is 2.45. The molecule has 0 bridgehead atoms. The first-order valence-corrected chi connectivity index (χ1v) is 7.43. The summed E-state index contributed by atoms with van der Waals surface area (Å²) in [5, 5.41) is 14.9.